The minimum Gasteiger partial charge on any atom is -0.338 e. The van der Waals surface area contributed by atoms with Crippen molar-refractivity contribution >= 4 is 16.9 Å². The van der Waals surface area contributed by atoms with Gasteiger partial charge in [0.15, 0.2) is 5.65 Å². The second-order valence-corrected chi connectivity index (χ2v) is 6.97. The summed E-state index contributed by atoms with van der Waals surface area (Å²) in [6.07, 6.45) is 4.21. The van der Waals surface area contributed by atoms with Crippen LogP contribution in [0.25, 0.3) is 11.0 Å². The molecule has 1 atom stereocenters. The summed E-state index contributed by atoms with van der Waals surface area (Å²) in [7, 11) is 1.69. The molecule has 7 nitrogen and oxygen atoms in total. The summed E-state index contributed by atoms with van der Waals surface area (Å²) >= 11 is 0. The van der Waals surface area contributed by atoms with Crippen LogP contribution in [0.2, 0.25) is 0 Å². The number of aromatic nitrogens is 3. The van der Waals surface area contributed by atoms with Crippen molar-refractivity contribution in [2.75, 3.05) is 13.1 Å². The Morgan fingerprint density at radius 3 is 2.84 bits per heavy atom. The monoisotopic (exact) mass is 345 g/mol. The van der Waals surface area contributed by atoms with Crippen molar-refractivity contribution in [2.24, 2.45) is 12.8 Å². The quantitative estimate of drug-likeness (QED) is 0.869. The number of H-pyrrole nitrogens is 1. The zero-order chi connectivity index (χ0) is 18.1. The molecule has 1 saturated heterocycles. The van der Waals surface area contributed by atoms with Gasteiger partial charge in [-0.15, -0.1) is 0 Å². The van der Waals surface area contributed by atoms with Gasteiger partial charge < -0.3 is 10.6 Å². The van der Waals surface area contributed by atoms with Crippen molar-refractivity contribution in [1.82, 2.24) is 19.7 Å². The normalized spacial score (nSPS) is 18.1. The number of hydrogen-bond donors (Lipinski definition) is 2. The van der Waals surface area contributed by atoms with E-state index in [0.717, 1.165) is 42.6 Å². The largest absolute Gasteiger partial charge is 0.338 e. The van der Waals surface area contributed by atoms with Crippen molar-refractivity contribution in [3.63, 3.8) is 0 Å². The fourth-order valence-corrected chi connectivity index (χ4v) is 3.93. The molecule has 1 aliphatic rings. The van der Waals surface area contributed by atoms with Crippen LogP contribution in [0.4, 0.5) is 0 Å². The van der Waals surface area contributed by atoms with Gasteiger partial charge in [0, 0.05) is 38.3 Å². The van der Waals surface area contributed by atoms with Crippen molar-refractivity contribution in [3.8, 4) is 0 Å². The third kappa shape index (κ3) is 3.20. The number of amides is 1. The van der Waals surface area contributed by atoms with Gasteiger partial charge in [-0.2, -0.15) is 0 Å². The number of aryl methyl sites for hydroxylation is 3. The minimum atomic E-state index is -0.0770. The van der Waals surface area contributed by atoms with Gasteiger partial charge in [0.05, 0.1) is 5.39 Å². The Morgan fingerprint density at radius 2 is 2.12 bits per heavy atom. The number of carbonyl (C=O) groups is 1. The zero-order valence-corrected chi connectivity index (χ0v) is 15.3. The van der Waals surface area contributed by atoms with Crippen LogP contribution in [0.1, 0.15) is 42.5 Å². The first-order chi connectivity index (χ1) is 11.9. The van der Waals surface area contributed by atoms with Gasteiger partial charge in [-0.3, -0.25) is 19.4 Å². The average molecular weight is 345 g/mol. The standard InChI is InChI=1S/C18H27N5O2/c1-11-14(12(2)20-17-16(11)18(25)22(3)21-17)7-8-15(24)23-9-5-4-6-13(23)10-19/h13H,4-10,19H2,1-3H3,(H,20,21). The molecule has 1 unspecified atom stereocenters. The van der Waals surface area contributed by atoms with E-state index in [4.69, 9.17) is 5.73 Å². The van der Waals surface area contributed by atoms with Crippen LogP contribution in [-0.4, -0.2) is 44.7 Å². The highest BCUT2D eigenvalue weighted by Crippen LogP contribution is 2.22. The number of nitrogens with zero attached hydrogens (tertiary/aromatic N) is 3. The zero-order valence-electron chi connectivity index (χ0n) is 15.3. The van der Waals surface area contributed by atoms with Gasteiger partial charge in [0.25, 0.3) is 5.56 Å². The van der Waals surface area contributed by atoms with Crippen LogP contribution in [0.3, 0.4) is 0 Å². The third-order valence-corrected chi connectivity index (χ3v) is 5.38. The van der Waals surface area contributed by atoms with Crippen LogP contribution in [0.15, 0.2) is 4.79 Å². The summed E-state index contributed by atoms with van der Waals surface area (Å²) in [4.78, 5) is 31.4. The van der Waals surface area contributed by atoms with Gasteiger partial charge >= 0.3 is 0 Å². The van der Waals surface area contributed by atoms with Crippen molar-refractivity contribution in [3.05, 3.63) is 27.2 Å². The van der Waals surface area contributed by atoms with Crippen LogP contribution in [0, 0.1) is 13.8 Å². The first kappa shape index (κ1) is 17.7. The summed E-state index contributed by atoms with van der Waals surface area (Å²) in [6.45, 7) is 5.20. The summed E-state index contributed by atoms with van der Waals surface area (Å²) in [5, 5.41) is 3.59. The summed E-state index contributed by atoms with van der Waals surface area (Å²) < 4.78 is 1.44. The number of hydrogen-bond acceptors (Lipinski definition) is 4. The molecule has 7 heteroatoms. The topological polar surface area (TPSA) is 97.0 Å². The maximum Gasteiger partial charge on any atom is 0.276 e. The highest BCUT2D eigenvalue weighted by atomic mass is 16.2. The van der Waals surface area contributed by atoms with E-state index in [1.165, 1.54) is 4.68 Å². The number of rotatable bonds is 4. The Labute approximate surface area is 147 Å². The number of pyridine rings is 1. The summed E-state index contributed by atoms with van der Waals surface area (Å²) in [5.74, 6) is 0.149. The lowest BCUT2D eigenvalue weighted by Gasteiger charge is -2.35. The van der Waals surface area contributed by atoms with Crippen LogP contribution in [0.5, 0.6) is 0 Å². The average Bonchev–Trinajstić information content (AvgIpc) is 2.88. The number of carbonyl (C=O) groups excluding carboxylic acids is 1. The summed E-state index contributed by atoms with van der Waals surface area (Å²) in [5.41, 5.74) is 9.15. The fraction of sp³-hybridized carbons (Fsp3) is 0.611. The SMILES string of the molecule is Cc1nc2[nH]n(C)c(=O)c2c(C)c1CCC(=O)N1CCCCC1CN. The Morgan fingerprint density at radius 1 is 1.36 bits per heavy atom. The lowest BCUT2D eigenvalue weighted by molar-refractivity contribution is -0.134. The molecule has 2 aromatic heterocycles. The Balaban J connectivity index is 1.82. The molecule has 3 N–H and O–H groups in total. The Bertz CT molecular complexity index is 851. The van der Waals surface area contributed by atoms with Gasteiger partial charge in [-0.1, -0.05) is 0 Å². The van der Waals surface area contributed by atoms with E-state index in [0.29, 0.717) is 30.4 Å². The smallest absolute Gasteiger partial charge is 0.276 e. The number of piperidine rings is 1. The molecule has 3 heterocycles. The molecule has 0 bridgehead atoms. The number of aromatic amines is 1. The molecule has 0 radical (unpaired) electrons. The molecule has 1 fully saturated rings. The van der Waals surface area contributed by atoms with Crippen LogP contribution >= 0.6 is 0 Å². The molecule has 0 saturated carbocycles. The number of nitrogens with one attached hydrogen (secondary N) is 1. The fourth-order valence-electron chi connectivity index (χ4n) is 3.93. The minimum absolute atomic E-state index is 0.0770. The Kier molecular flexibility index (Phi) is 4.94. The van der Waals surface area contributed by atoms with Crippen molar-refractivity contribution in [1.29, 1.82) is 0 Å². The maximum absolute atomic E-state index is 12.7. The van der Waals surface area contributed by atoms with Gasteiger partial charge in [0.1, 0.15) is 0 Å². The van der Waals surface area contributed by atoms with E-state index in [1.807, 2.05) is 18.7 Å². The third-order valence-electron chi connectivity index (χ3n) is 5.38. The van der Waals surface area contributed by atoms with E-state index in [1.54, 1.807) is 7.05 Å². The first-order valence-corrected chi connectivity index (χ1v) is 8.98. The number of likely N-dealkylation sites (tertiary alicyclic amines) is 1. The molecule has 25 heavy (non-hydrogen) atoms. The molecule has 0 aliphatic carbocycles. The van der Waals surface area contributed by atoms with E-state index in [-0.39, 0.29) is 17.5 Å². The number of fused-ring (bicyclic) bond motifs is 1. The van der Waals surface area contributed by atoms with Crippen molar-refractivity contribution in [2.45, 2.75) is 52.0 Å². The van der Waals surface area contributed by atoms with Crippen LogP contribution < -0.4 is 11.3 Å². The molecular weight excluding hydrogens is 318 g/mol. The predicted molar refractivity (Wildman–Crippen MR) is 97.5 cm³/mol. The van der Waals surface area contributed by atoms with Crippen molar-refractivity contribution < 1.29 is 4.79 Å². The van der Waals surface area contributed by atoms with Gasteiger partial charge in [0.2, 0.25) is 5.91 Å². The molecule has 136 valence electrons. The second-order valence-electron chi connectivity index (χ2n) is 6.97. The molecule has 3 rings (SSSR count). The highest BCUT2D eigenvalue weighted by molar-refractivity contribution is 5.81. The van der Waals surface area contributed by atoms with Gasteiger partial charge in [-0.25, -0.2) is 4.98 Å². The van der Waals surface area contributed by atoms with E-state index >= 15 is 0 Å². The van der Waals surface area contributed by atoms with E-state index < -0.39 is 0 Å². The highest BCUT2D eigenvalue weighted by Gasteiger charge is 2.25. The lowest BCUT2D eigenvalue weighted by atomic mass is 9.98. The Hall–Kier alpha value is -2.15. The molecular formula is C18H27N5O2. The van der Waals surface area contributed by atoms with E-state index in [9.17, 15) is 9.59 Å². The number of nitrogens with two attached hydrogens (primary N) is 1. The molecule has 1 amide bonds. The second kappa shape index (κ2) is 7.00. The summed E-state index contributed by atoms with van der Waals surface area (Å²) in [6, 6.07) is 0.168. The van der Waals surface area contributed by atoms with E-state index in [2.05, 4.69) is 10.1 Å². The lowest BCUT2D eigenvalue weighted by Crippen LogP contribution is -2.47. The van der Waals surface area contributed by atoms with Crippen LogP contribution in [-0.2, 0) is 18.3 Å². The molecule has 1 aliphatic heterocycles. The predicted octanol–water partition coefficient (Wildman–Crippen LogP) is 1.15. The van der Waals surface area contributed by atoms with Gasteiger partial charge in [-0.05, 0) is 50.7 Å². The maximum atomic E-state index is 12.7. The first-order valence-electron chi connectivity index (χ1n) is 8.98. The molecule has 0 aromatic carbocycles. The molecule has 0 spiro atoms. The molecule has 2 aromatic rings.